The number of morpholine rings is 1. The molecule has 0 atom stereocenters. The van der Waals surface area contributed by atoms with Crippen LogP contribution in [0.4, 0.5) is 0 Å². The van der Waals surface area contributed by atoms with Gasteiger partial charge in [0.25, 0.3) is 0 Å². The zero-order valence-corrected chi connectivity index (χ0v) is 12.8. The molecule has 0 aromatic rings. The van der Waals surface area contributed by atoms with Gasteiger partial charge in [0.2, 0.25) is 0 Å². The lowest BCUT2D eigenvalue weighted by atomic mass is 9.86. The summed E-state index contributed by atoms with van der Waals surface area (Å²) >= 11 is 0. The first-order chi connectivity index (χ1) is 8.77. The van der Waals surface area contributed by atoms with Crippen molar-refractivity contribution in [2.24, 2.45) is 16.3 Å². The number of hydrogen-bond donors (Lipinski definition) is 2. The largest absolute Gasteiger partial charge is 0.409 e. The quantitative estimate of drug-likeness (QED) is 0.255. The van der Waals surface area contributed by atoms with Crippen molar-refractivity contribution in [2.75, 3.05) is 26.2 Å². The molecule has 0 radical (unpaired) electrons. The molecule has 5 heteroatoms. The molecule has 0 amide bonds. The van der Waals surface area contributed by atoms with Crippen LogP contribution in [0.25, 0.3) is 0 Å². The number of oxime groups is 1. The van der Waals surface area contributed by atoms with Crippen molar-refractivity contribution >= 4 is 5.84 Å². The van der Waals surface area contributed by atoms with E-state index in [0.29, 0.717) is 5.84 Å². The maximum atomic E-state index is 8.73. The summed E-state index contributed by atoms with van der Waals surface area (Å²) in [5.41, 5.74) is 5.44. The molecule has 0 aromatic carbocycles. The summed E-state index contributed by atoms with van der Waals surface area (Å²) in [7, 11) is 0. The maximum Gasteiger partial charge on any atom is 0.144 e. The Bertz CT molecular complexity index is 314. The van der Waals surface area contributed by atoms with Crippen molar-refractivity contribution < 1.29 is 9.94 Å². The fourth-order valence-electron chi connectivity index (χ4n) is 2.47. The molecule has 1 fully saturated rings. The van der Waals surface area contributed by atoms with Crippen LogP contribution < -0.4 is 5.73 Å². The van der Waals surface area contributed by atoms with Gasteiger partial charge in [-0.05, 0) is 33.2 Å². The summed E-state index contributed by atoms with van der Waals surface area (Å²) in [5, 5.41) is 11.8. The van der Waals surface area contributed by atoms with Crippen LogP contribution in [0, 0.1) is 5.41 Å². The van der Waals surface area contributed by atoms with Crippen LogP contribution in [0.2, 0.25) is 0 Å². The van der Waals surface area contributed by atoms with Gasteiger partial charge in [-0.25, -0.2) is 0 Å². The lowest BCUT2D eigenvalue weighted by molar-refractivity contribution is -0.0861. The third kappa shape index (κ3) is 5.37. The van der Waals surface area contributed by atoms with E-state index in [-0.39, 0.29) is 11.0 Å². The highest BCUT2D eigenvalue weighted by Crippen LogP contribution is 2.24. The molecule has 0 spiro atoms. The van der Waals surface area contributed by atoms with Crippen LogP contribution in [0.5, 0.6) is 0 Å². The van der Waals surface area contributed by atoms with E-state index in [1.165, 1.54) is 0 Å². The molecule has 19 heavy (non-hydrogen) atoms. The van der Waals surface area contributed by atoms with Crippen LogP contribution in [0.3, 0.4) is 0 Å². The first kappa shape index (κ1) is 16.2. The van der Waals surface area contributed by atoms with Gasteiger partial charge in [0.05, 0.1) is 12.2 Å². The highest BCUT2D eigenvalue weighted by atomic mass is 16.5. The average molecular weight is 271 g/mol. The van der Waals surface area contributed by atoms with E-state index in [0.717, 1.165) is 45.5 Å². The minimum atomic E-state index is -0.223. The SMILES string of the molecule is CC1(C)CN(CCCCC(C)(C)C(N)=NO)CCO1. The Morgan fingerprint density at radius 2 is 2.11 bits per heavy atom. The second-order valence-electron chi connectivity index (χ2n) is 6.71. The monoisotopic (exact) mass is 271 g/mol. The van der Waals surface area contributed by atoms with Gasteiger partial charge in [-0.1, -0.05) is 25.4 Å². The molecule has 1 saturated heterocycles. The molecule has 0 aliphatic carbocycles. The summed E-state index contributed by atoms with van der Waals surface area (Å²) in [6.45, 7) is 12.2. The molecule has 112 valence electrons. The van der Waals surface area contributed by atoms with Gasteiger partial charge in [0.1, 0.15) is 5.84 Å². The lowest BCUT2D eigenvalue weighted by Crippen LogP contribution is -2.48. The van der Waals surface area contributed by atoms with Crippen molar-refractivity contribution in [3.8, 4) is 0 Å². The number of amidine groups is 1. The summed E-state index contributed by atoms with van der Waals surface area (Å²) in [6, 6.07) is 0. The second-order valence-corrected chi connectivity index (χ2v) is 6.71. The van der Waals surface area contributed by atoms with Gasteiger partial charge < -0.3 is 15.7 Å². The molecule has 3 N–H and O–H groups in total. The van der Waals surface area contributed by atoms with E-state index in [1.807, 2.05) is 13.8 Å². The molecule has 1 rings (SSSR count). The second kappa shape index (κ2) is 6.57. The molecule has 0 unspecified atom stereocenters. The van der Waals surface area contributed by atoms with Crippen molar-refractivity contribution in [3.63, 3.8) is 0 Å². The smallest absolute Gasteiger partial charge is 0.144 e. The molecule has 0 bridgehead atoms. The summed E-state index contributed by atoms with van der Waals surface area (Å²) in [5.74, 6) is 0.319. The first-order valence-electron chi connectivity index (χ1n) is 7.11. The Morgan fingerprint density at radius 3 is 2.68 bits per heavy atom. The van der Waals surface area contributed by atoms with Crippen LogP contribution in [-0.2, 0) is 4.74 Å². The Kier molecular flexibility index (Phi) is 5.62. The van der Waals surface area contributed by atoms with E-state index in [2.05, 4.69) is 23.9 Å². The van der Waals surface area contributed by atoms with Crippen LogP contribution >= 0.6 is 0 Å². The van der Waals surface area contributed by atoms with E-state index in [9.17, 15) is 0 Å². The number of rotatable bonds is 6. The molecular formula is C14H29N3O2. The zero-order valence-electron chi connectivity index (χ0n) is 12.8. The number of nitrogens with zero attached hydrogens (tertiary/aromatic N) is 2. The number of ether oxygens (including phenoxy) is 1. The van der Waals surface area contributed by atoms with Crippen molar-refractivity contribution in [1.82, 2.24) is 4.90 Å². The molecule has 5 nitrogen and oxygen atoms in total. The fourth-order valence-corrected chi connectivity index (χ4v) is 2.47. The Balaban J connectivity index is 2.24. The average Bonchev–Trinajstić information content (AvgIpc) is 2.32. The van der Waals surface area contributed by atoms with E-state index in [1.54, 1.807) is 0 Å². The molecule has 0 saturated carbocycles. The fraction of sp³-hybridized carbons (Fsp3) is 0.929. The van der Waals surface area contributed by atoms with Gasteiger partial charge in [0.15, 0.2) is 0 Å². The zero-order chi connectivity index (χ0) is 14.5. The standard InChI is InChI=1S/C14H29N3O2/c1-13(2,12(15)16-18)7-5-6-8-17-9-10-19-14(3,4)11-17/h18H,5-11H2,1-4H3,(H2,15,16). The van der Waals surface area contributed by atoms with Gasteiger partial charge in [-0.3, -0.25) is 4.90 Å². The van der Waals surface area contributed by atoms with Crippen LogP contribution in [-0.4, -0.2) is 47.8 Å². The summed E-state index contributed by atoms with van der Waals surface area (Å²) < 4.78 is 5.70. The third-order valence-corrected chi connectivity index (χ3v) is 3.83. The molecule has 1 heterocycles. The molecule has 0 aromatic heterocycles. The minimum Gasteiger partial charge on any atom is -0.409 e. The maximum absolute atomic E-state index is 8.73. The lowest BCUT2D eigenvalue weighted by Gasteiger charge is -2.38. The molecule has 1 aliphatic rings. The number of nitrogens with two attached hydrogens (primary N) is 1. The van der Waals surface area contributed by atoms with Crippen molar-refractivity contribution in [1.29, 1.82) is 0 Å². The number of hydrogen-bond acceptors (Lipinski definition) is 4. The van der Waals surface area contributed by atoms with E-state index < -0.39 is 0 Å². The van der Waals surface area contributed by atoms with Gasteiger partial charge in [-0.2, -0.15) is 0 Å². The molecule has 1 aliphatic heterocycles. The summed E-state index contributed by atoms with van der Waals surface area (Å²) in [4.78, 5) is 2.46. The Morgan fingerprint density at radius 1 is 1.42 bits per heavy atom. The van der Waals surface area contributed by atoms with Crippen LogP contribution in [0.1, 0.15) is 47.0 Å². The number of unbranched alkanes of at least 4 members (excludes halogenated alkanes) is 1. The topological polar surface area (TPSA) is 71.1 Å². The summed E-state index contributed by atoms with van der Waals surface area (Å²) in [6.07, 6.45) is 3.16. The van der Waals surface area contributed by atoms with Gasteiger partial charge in [-0.15, -0.1) is 0 Å². The highest BCUT2D eigenvalue weighted by Gasteiger charge is 2.27. The Labute approximate surface area is 116 Å². The van der Waals surface area contributed by atoms with Gasteiger partial charge in [0, 0.05) is 18.5 Å². The first-order valence-corrected chi connectivity index (χ1v) is 7.11. The van der Waals surface area contributed by atoms with E-state index in [4.69, 9.17) is 15.7 Å². The normalized spacial score (nSPS) is 21.6. The highest BCUT2D eigenvalue weighted by molar-refractivity contribution is 5.85. The van der Waals surface area contributed by atoms with Crippen molar-refractivity contribution in [2.45, 2.75) is 52.6 Å². The van der Waals surface area contributed by atoms with E-state index >= 15 is 0 Å². The minimum absolute atomic E-state index is 0.0223. The Hall–Kier alpha value is -0.810. The predicted octanol–water partition coefficient (Wildman–Crippen LogP) is 2.04. The third-order valence-electron chi connectivity index (χ3n) is 3.83. The molecular weight excluding hydrogens is 242 g/mol. The predicted molar refractivity (Wildman–Crippen MR) is 77.5 cm³/mol. The van der Waals surface area contributed by atoms with Crippen LogP contribution in [0.15, 0.2) is 5.16 Å². The van der Waals surface area contributed by atoms with Gasteiger partial charge >= 0.3 is 0 Å². The van der Waals surface area contributed by atoms with Crippen molar-refractivity contribution in [3.05, 3.63) is 0 Å².